The summed E-state index contributed by atoms with van der Waals surface area (Å²) in [5.41, 5.74) is -3.93. The number of rotatable bonds is 7. The highest BCUT2D eigenvalue weighted by Gasteiger charge is 2.38. The summed E-state index contributed by atoms with van der Waals surface area (Å²) in [6.07, 6.45) is -15.2. The Morgan fingerprint density at radius 3 is 2.19 bits per heavy atom. The van der Waals surface area contributed by atoms with Gasteiger partial charge in [-0.25, -0.2) is 4.98 Å². The molecule has 0 unspecified atom stereocenters. The average molecular weight is 540 g/mol. The molecule has 6 nitrogen and oxygen atoms in total. The third-order valence-electron chi connectivity index (χ3n) is 4.65. The molecule has 2 aromatic carbocycles. The summed E-state index contributed by atoms with van der Waals surface area (Å²) in [6, 6.07) is 5.95. The zero-order chi connectivity index (χ0) is 27.6. The molecule has 0 fully saturated rings. The monoisotopic (exact) mass is 540 g/mol. The molecule has 0 aliphatic heterocycles. The van der Waals surface area contributed by atoms with Crippen LogP contribution in [-0.2, 0) is 12.4 Å². The zero-order valence-corrected chi connectivity index (χ0v) is 18.6. The highest BCUT2D eigenvalue weighted by Crippen LogP contribution is 2.40. The minimum Gasteiger partial charge on any atom is -0.406 e. The van der Waals surface area contributed by atoms with Crippen LogP contribution in [0.1, 0.15) is 18.1 Å². The predicted octanol–water partition coefficient (Wildman–Crippen LogP) is 6.62. The average Bonchev–Trinajstić information content (AvgIpc) is 2.76. The van der Waals surface area contributed by atoms with E-state index in [2.05, 4.69) is 25.3 Å². The van der Waals surface area contributed by atoms with Crippen molar-refractivity contribution in [3.05, 3.63) is 59.7 Å². The first kappa shape index (κ1) is 27.8. The molecule has 1 atom stereocenters. The largest absolute Gasteiger partial charge is 0.573 e. The molecule has 0 aliphatic carbocycles. The highest BCUT2D eigenvalue weighted by molar-refractivity contribution is 5.70. The molecule has 0 spiro atoms. The number of aromatic nitrogens is 2. The maximum atomic E-state index is 13.6. The van der Waals surface area contributed by atoms with Gasteiger partial charge in [0.2, 0.25) is 5.95 Å². The third-order valence-corrected chi connectivity index (χ3v) is 4.65. The van der Waals surface area contributed by atoms with Gasteiger partial charge in [0.25, 0.3) is 0 Å². The maximum absolute atomic E-state index is 13.6. The van der Waals surface area contributed by atoms with Gasteiger partial charge in [0, 0.05) is 17.7 Å². The topological polar surface area (TPSA) is 79.3 Å². The number of halogens is 9. The van der Waals surface area contributed by atoms with Crippen LogP contribution in [-0.4, -0.2) is 34.1 Å². The lowest BCUT2D eigenvalue weighted by Gasteiger charge is -2.18. The van der Waals surface area contributed by atoms with Crippen LogP contribution in [0.4, 0.5) is 57.0 Å². The Kier molecular flexibility index (Phi) is 7.76. The summed E-state index contributed by atoms with van der Waals surface area (Å²) in [5, 5.41) is 14.2. The second kappa shape index (κ2) is 10.3. The normalized spacial score (nSPS) is 13.3. The molecule has 37 heavy (non-hydrogen) atoms. The number of benzene rings is 2. The maximum Gasteiger partial charge on any atom is 0.573 e. The van der Waals surface area contributed by atoms with E-state index in [1.807, 2.05) is 0 Å². The van der Waals surface area contributed by atoms with E-state index < -0.39 is 53.9 Å². The fourth-order valence-corrected chi connectivity index (χ4v) is 3.04. The molecule has 3 N–H and O–H groups in total. The van der Waals surface area contributed by atoms with Gasteiger partial charge in [0.15, 0.2) is 0 Å². The first-order valence-electron chi connectivity index (χ1n) is 10.2. The molecule has 15 heteroatoms. The minimum absolute atomic E-state index is 0.0513. The Bertz CT molecular complexity index is 1240. The Labute approximate surface area is 203 Å². The molecule has 3 aromatic rings. The van der Waals surface area contributed by atoms with Crippen molar-refractivity contribution in [2.45, 2.75) is 31.7 Å². The van der Waals surface area contributed by atoms with Crippen molar-refractivity contribution in [2.75, 3.05) is 17.2 Å². The lowest BCUT2D eigenvalue weighted by atomic mass is 10.1. The van der Waals surface area contributed by atoms with Gasteiger partial charge in [0.05, 0.1) is 29.1 Å². The van der Waals surface area contributed by atoms with Crippen molar-refractivity contribution in [1.82, 2.24) is 9.97 Å². The molecule has 200 valence electrons. The number of aliphatic hydroxyl groups excluding tert-OH is 1. The van der Waals surface area contributed by atoms with E-state index >= 15 is 0 Å². The molecule has 1 aromatic heterocycles. The summed E-state index contributed by atoms with van der Waals surface area (Å²) >= 11 is 0. The number of alkyl halides is 9. The number of aliphatic hydroxyl groups is 1. The predicted molar refractivity (Wildman–Crippen MR) is 114 cm³/mol. The second-order valence-electron chi connectivity index (χ2n) is 7.65. The quantitative estimate of drug-likeness (QED) is 0.293. The van der Waals surface area contributed by atoms with E-state index in [-0.39, 0.29) is 29.1 Å². The van der Waals surface area contributed by atoms with Crippen LogP contribution in [0.2, 0.25) is 0 Å². The lowest BCUT2D eigenvalue weighted by molar-refractivity contribution is -0.274. The molecular weight excluding hydrogens is 523 g/mol. The molecule has 0 aliphatic rings. The first-order chi connectivity index (χ1) is 17.0. The summed E-state index contributed by atoms with van der Waals surface area (Å²) in [7, 11) is 0. The summed E-state index contributed by atoms with van der Waals surface area (Å²) in [6.45, 7) is 1.11. The van der Waals surface area contributed by atoms with E-state index in [9.17, 15) is 44.6 Å². The first-order valence-corrected chi connectivity index (χ1v) is 10.2. The molecule has 0 amide bonds. The van der Waals surface area contributed by atoms with Crippen LogP contribution >= 0.6 is 0 Å². The highest BCUT2D eigenvalue weighted by atomic mass is 19.4. The van der Waals surface area contributed by atoms with Gasteiger partial charge in [-0.15, -0.1) is 13.2 Å². The van der Waals surface area contributed by atoms with Crippen LogP contribution in [0.25, 0.3) is 11.3 Å². The Balaban J connectivity index is 2.08. The van der Waals surface area contributed by atoms with E-state index in [0.29, 0.717) is 12.1 Å². The van der Waals surface area contributed by atoms with Crippen LogP contribution in [0, 0.1) is 0 Å². The molecule has 0 saturated heterocycles. The Hall–Kier alpha value is -3.75. The lowest BCUT2D eigenvalue weighted by Crippen LogP contribution is -2.21. The number of anilines is 3. The fourth-order valence-electron chi connectivity index (χ4n) is 3.04. The van der Waals surface area contributed by atoms with Gasteiger partial charge in [-0.3, -0.25) is 0 Å². The van der Waals surface area contributed by atoms with Gasteiger partial charge >= 0.3 is 18.7 Å². The third kappa shape index (κ3) is 7.62. The van der Waals surface area contributed by atoms with E-state index in [4.69, 9.17) is 0 Å². The molecule has 0 saturated carbocycles. The summed E-state index contributed by atoms with van der Waals surface area (Å²) in [4.78, 5) is 8.08. The van der Waals surface area contributed by atoms with E-state index in [1.165, 1.54) is 19.1 Å². The molecule has 0 bridgehead atoms. The number of hydrogen-bond donors (Lipinski definition) is 3. The van der Waals surface area contributed by atoms with Crippen LogP contribution in [0.5, 0.6) is 5.75 Å². The number of ether oxygens (including phenoxy) is 1. The van der Waals surface area contributed by atoms with Crippen molar-refractivity contribution >= 4 is 17.5 Å². The van der Waals surface area contributed by atoms with Crippen molar-refractivity contribution in [3.63, 3.8) is 0 Å². The van der Waals surface area contributed by atoms with Crippen molar-refractivity contribution in [3.8, 4) is 17.0 Å². The van der Waals surface area contributed by atoms with Crippen LogP contribution < -0.4 is 15.4 Å². The van der Waals surface area contributed by atoms with Gasteiger partial charge in [-0.2, -0.15) is 31.3 Å². The molecule has 3 rings (SSSR count). The van der Waals surface area contributed by atoms with Crippen molar-refractivity contribution in [1.29, 1.82) is 0 Å². The van der Waals surface area contributed by atoms with Gasteiger partial charge in [-0.05, 0) is 37.3 Å². The summed E-state index contributed by atoms with van der Waals surface area (Å²) in [5.74, 6) is -1.16. The minimum atomic E-state index is -5.17. The SMILES string of the molecule is C[C@@H](CO)Nc1nc(Nc2ccc(C(F)(F)F)cc2C(F)(F)F)cc(-c2cccc(OC(F)(F)F)c2)n1. The smallest absolute Gasteiger partial charge is 0.406 e. The molecule has 1 heterocycles. The van der Waals surface area contributed by atoms with Crippen molar-refractivity contribution in [2.24, 2.45) is 0 Å². The van der Waals surface area contributed by atoms with Gasteiger partial charge < -0.3 is 20.5 Å². The fraction of sp³-hybridized carbons (Fsp3) is 0.273. The zero-order valence-electron chi connectivity index (χ0n) is 18.6. The van der Waals surface area contributed by atoms with Gasteiger partial charge in [0.1, 0.15) is 11.6 Å². The van der Waals surface area contributed by atoms with Crippen LogP contribution in [0.3, 0.4) is 0 Å². The second-order valence-corrected chi connectivity index (χ2v) is 7.65. The summed E-state index contributed by atoms with van der Waals surface area (Å²) < 4.78 is 121. The Morgan fingerprint density at radius 2 is 1.59 bits per heavy atom. The van der Waals surface area contributed by atoms with Crippen molar-refractivity contribution < 1.29 is 49.4 Å². The molecular formula is C22H17F9N4O2. The number of hydrogen-bond acceptors (Lipinski definition) is 6. The Morgan fingerprint density at radius 1 is 0.892 bits per heavy atom. The van der Waals surface area contributed by atoms with E-state index in [0.717, 1.165) is 18.2 Å². The van der Waals surface area contributed by atoms with E-state index in [1.54, 1.807) is 0 Å². The van der Waals surface area contributed by atoms with Crippen LogP contribution in [0.15, 0.2) is 48.5 Å². The van der Waals surface area contributed by atoms with Gasteiger partial charge in [-0.1, -0.05) is 12.1 Å². The number of nitrogens with one attached hydrogen (secondary N) is 2. The standard InChI is InChI=1S/C22H17F9N4O2/c1-11(10-36)32-19-34-17(12-3-2-4-14(7-12)37-22(29,30)31)9-18(35-19)33-16-6-5-13(20(23,24)25)8-15(16)21(26,27)28/h2-9,11,36H,10H2,1H3,(H2,32,33,34,35)/t11-/m0/s1. The molecule has 0 radical (unpaired) electrons. The number of nitrogens with zero attached hydrogens (tertiary/aromatic N) is 2.